The number of rotatable bonds is 5. The Kier molecular flexibility index (Phi) is 5.50. The van der Waals surface area contributed by atoms with Crippen molar-refractivity contribution in [2.24, 2.45) is 0 Å². The van der Waals surface area contributed by atoms with Crippen molar-refractivity contribution in [1.29, 1.82) is 0 Å². The van der Waals surface area contributed by atoms with E-state index in [1.807, 2.05) is 4.72 Å². The second-order valence-electron chi connectivity index (χ2n) is 4.93. The predicted molar refractivity (Wildman–Crippen MR) is 79.7 cm³/mol. The summed E-state index contributed by atoms with van der Waals surface area (Å²) >= 11 is 1.32. The molecular weight excluding hydrogens is 392 g/mol. The molecule has 0 saturated carbocycles. The topological polar surface area (TPSA) is 46.2 Å². The summed E-state index contributed by atoms with van der Waals surface area (Å²) in [5.74, 6) is 0. The van der Waals surface area contributed by atoms with Crippen molar-refractivity contribution in [3.63, 3.8) is 0 Å². The molecular formula is C14H11F6NO2S2. The van der Waals surface area contributed by atoms with E-state index in [2.05, 4.69) is 0 Å². The van der Waals surface area contributed by atoms with Crippen LogP contribution in [0.15, 0.2) is 40.6 Å². The molecule has 0 spiro atoms. The van der Waals surface area contributed by atoms with E-state index in [1.54, 1.807) is 17.5 Å². The predicted octanol–water partition coefficient (Wildman–Crippen LogP) is 4.31. The van der Waals surface area contributed by atoms with Crippen molar-refractivity contribution in [3.05, 3.63) is 51.7 Å². The molecule has 0 aliphatic carbocycles. The molecule has 0 saturated heterocycles. The maximum absolute atomic E-state index is 13.0. The summed E-state index contributed by atoms with van der Waals surface area (Å²) in [4.78, 5) is -0.663. The number of benzene rings is 1. The first kappa shape index (κ1) is 19.7. The number of halogens is 6. The van der Waals surface area contributed by atoms with E-state index in [4.69, 9.17) is 0 Å². The van der Waals surface area contributed by atoms with Crippen LogP contribution in [0.3, 0.4) is 0 Å². The van der Waals surface area contributed by atoms with Crippen molar-refractivity contribution in [2.45, 2.75) is 23.7 Å². The minimum Gasteiger partial charge on any atom is -0.211 e. The van der Waals surface area contributed by atoms with Crippen LogP contribution in [0.5, 0.6) is 0 Å². The first-order valence-electron chi connectivity index (χ1n) is 6.72. The number of nitrogens with one attached hydrogen (secondary N) is 1. The van der Waals surface area contributed by atoms with E-state index in [1.165, 1.54) is 11.3 Å². The minimum atomic E-state index is -5.11. The van der Waals surface area contributed by atoms with Gasteiger partial charge in [-0.15, -0.1) is 11.3 Å². The zero-order chi connectivity index (χ0) is 18.9. The summed E-state index contributed by atoms with van der Waals surface area (Å²) < 4.78 is 103. The molecule has 2 aromatic rings. The molecule has 3 nitrogen and oxygen atoms in total. The average Bonchev–Trinajstić information content (AvgIpc) is 2.98. The van der Waals surface area contributed by atoms with Gasteiger partial charge in [0.2, 0.25) is 10.0 Å². The van der Waals surface area contributed by atoms with Gasteiger partial charge in [0.15, 0.2) is 0 Å². The van der Waals surface area contributed by atoms with Crippen LogP contribution in [0.2, 0.25) is 0 Å². The van der Waals surface area contributed by atoms with Gasteiger partial charge in [-0.3, -0.25) is 0 Å². The van der Waals surface area contributed by atoms with Crippen LogP contribution in [0.4, 0.5) is 26.3 Å². The Labute approximate surface area is 143 Å². The van der Waals surface area contributed by atoms with Gasteiger partial charge in [0, 0.05) is 11.4 Å². The van der Waals surface area contributed by atoms with Crippen LogP contribution >= 0.6 is 11.3 Å². The molecule has 0 aliphatic rings. The first-order valence-corrected chi connectivity index (χ1v) is 9.08. The first-order chi connectivity index (χ1) is 11.4. The quantitative estimate of drug-likeness (QED) is 0.757. The van der Waals surface area contributed by atoms with Crippen LogP contribution in [-0.4, -0.2) is 15.0 Å². The molecule has 0 bridgehead atoms. The molecule has 0 radical (unpaired) electrons. The fraction of sp³-hybridized carbons (Fsp3) is 0.286. The molecule has 11 heteroatoms. The van der Waals surface area contributed by atoms with Crippen molar-refractivity contribution in [1.82, 2.24) is 4.72 Å². The lowest BCUT2D eigenvalue weighted by Gasteiger charge is -2.16. The Balaban J connectivity index is 2.35. The van der Waals surface area contributed by atoms with Crippen LogP contribution in [0.1, 0.15) is 16.0 Å². The molecule has 0 unspecified atom stereocenters. The van der Waals surface area contributed by atoms with Crippen molar-refractivity contribution in [2.75, 3.05) is 6.54 Å². The molecule has 138 valence electrons. The third kappa shape index (κ3) is 4.95. The smallest absolute Gasteiger partial charge is 0.211 e. The minimum absolute atomic E-state index is 0.00367. The molecule has 1 aromatic heterocycles. The lowest BCUT2D eigenvalue weighted by Crippen LogP contribution is -2.28. The van der Waals surface area contributed by atoms with Gasteiger partial charge in [-0.1, -0.05) is 6.07 Å². The summed E-state index contributed by atoms with van der Waals surface area (Å²) in [7, 11) is -4.78. The molecule has 0 amide bonds. The second-order valence-corrected chi connectivity index (χ2v) is 7.70. The summed E-state index contributed by atoms with van der Waals surface area (Å²) in [6.07, 6.45) is -9.87. The fourth-order valence-corrected chi connectivity index (χ4v) is 3.99. The Morgan fingerprint density at radius 2 is 1.68 bits per heavy atom. The lowest BCUT2D eigenvalue weighted by molar-refractivity contribution is -0.143. The van der Waals surface area contributed by atoms with E-state index in [9.17, 15) is 34.8 Å². The van der Waals surface area contributed by atoms with Gasteiger partial charge >= 0.3 is 12.4 Å². The van der Waals surface area contributed by atoms with Crippen molar-refractivity contribution in [3.8, 4) is 0 Å². The Bertz CT molecular complexity index is 826. The molecule has 0 atom stereocenters. The van der Waals surface area contributed by atoms with Gasteiger partial charge in [-0.05, 0) is 36.1 Å². The van der Waals surface area contributed by atoms with E-state index in [0.717, 1.165) is 4.88 Å². The highest BCUT2D eigenvalue weighted by Crippen LogP contribution is 2.38. The summed E-state index contributed by atoms with van der Waals surface area (Å²) in [6.45, 7) is -0.240. The van der Waals surface area contributed by atoms with Crippen LogP contribution in [-0.2, 0) is 28.8 Å². The third-order valence-corrected chi connectivity index (χ3v) is 5.58. The standard InChI is InChI=1S/C14H11F6NO2S2/c15-13(16,17)9-3-4-11(14(18,19)20)12(8-9)25(22,23)21-6-5-10-2-1-7-24-10/h1-4,7-8,21H,5-6H2. The molecule has 1 heterocycles. The summed E-state index contributed by atoms with van der Waals surface area (Å²) in [6, 6.07) is 3.73. The number of hydrogen-bond donors (Lipinski definition) is 1. The van der Waals surface area contributed by atoms with Crippen molar-refractivity contribution >= 4 is 21.4 Å². The number of alkyl halides is 6. The van der Waals surface area contributed by atoms with Gasteiger partial charge in [0.25, 0.3) is 0 Å². The van der Waals surface area contributed by atoms with E-state index in [0.29, 0.717) is 0 Å². The zero-order valence-corrected chi connectivity index (χ0v) is 13.9. The molecule has 1 N–H and O–H groups in total. The Morgan fingerprint density at radius 3 is 2.20 bits per heavy atom. The highest BCUT2D eigenvalue weighted by molar-refractivity contribution is 7.89. The second kappa shape index (κ2) is 6.96. The Hall–Kier alpha value is -1.59. The molecule has 2 rings (SSSR count). The van der Waals surface area contributed by atoms with E-state index < -0.39 is 38.4 Å². The fourth-order valence-electron chi connectivity index (χ4n) is 2.00. The largest absolute Gasteiger partial charge is 0.417 e. The zero-order valence-electron chi connectivity index (χ0n) is 12.3. The van der Waals surface area contributed by atoms with Gasteiger partial charge in [0.1, 0.15) is 0 Å². The van der Waals surface area contributed by atoms with Gasteiger partial charge < -0.3 is 0 Å². The lowest BCUT2D eigenvalue weighted by atomic mass is 10.1. The maximum Gasteiger partial charge on any atom is 0.417 e. The maximum atomic E-state index is 13.0. The molecule has 0 fully saturated rings. The normalized spacial score (nSPS) is 13.2. The van der Waals surface area contributed by atoms with Gasteiger partial charge in [-0.25, -0.2) is 13.1 Å². The number of sulfonamides is 1. The summed E-state index contributed by atoms with van der Waals surface area (Å²) in [5.41, 5.74) is -3.12. The number of thiophene rings is 1. The van der Waals surface area contributed by atoms with Crippen LogP contribution < -0.4 is 4.72 Å². The monoisotopic (exact) mass is 403 g/mol. The van der Waals surface area contributed by atoms with Gasteiger partial charge in [-0.2, -0.15) is 26.3 Å². The highest BCUT2D eigenvalue weighted by atomic mass is 32.2. The van der Waals surface area contributed by atoms with Crippen LogP contribution in [0.25, 0.3) is 0 Å². The highest BCUT2D eigenvalue weighted by Gasteiger charge is 2.40. The SMILES string of the molecule is O=S(=O)(NCCc1cccs1)c1cc(C(F)(F)F)ccc1C(F)(F)F. The van der Waals surface area contributed by atoms with Crippen molar-refractivity contribution < 1.29 is 34.8 Å². The molecule has 25 heavy (non-hydrogen) atoms. The molecule has 1 aromatic carbocycles. The van der Waals surface area contributed by atoms with Crippen LogP contribution in [0, 0.1) is 0 Å². The van der Waals surface area contributed by atoms with Gasteiger partial charge in [0.05, 0.1) is 16.0 Å². The molecule has 0 aliphatic heterocycles. The third-order valence-electron chi connectivity index (χ3n) is 3.15. The Morgan fingerprint density at radius 1 is 1.00 bits per heavy atom. The number of hydrogen-bond acceptors (Lipinski definition) is 3. The van der Waals surface area contributed by atoms with E-state index in [-0.39, 0.29) is 31.2 Å². The average molecular weight is 403 g/mol. The summed E-state index contributed by atoms with van der Waals surface area (Å²) in [5, 5.41) is 1.73. The van der Waals surface area contributed by atoms with E-state index >= 15 is 0 Å².